The quantitative estimate of drug-likeness (QED) is 0.498. The highest BCUT2D eigenvalue weighted by Crippen LogP contribution is 2.33. The van der Waals surface area contributed by atoms with E-state index < -0.39 is 10.4 Å². The molecule has 0 amide bonds. The second kappa shape index (κ2) is 6.66. The molecule has 7 nitrogen and oxygen atoms in total. The minimum atomic E-state index is -4.62. The third-order valence-electron chi connectivity index (χ3n) is 3.91. The number of rotatable bonds is 4. The SMILES string of the molecule is O=S(=O)(O)Oc1ccccc1-c1ccc(-c2nc3nc[nH]c3cc2Cl)cc1. The number of halogens is 1. The molecule has 4 rings (SSSR count). The molecule has 9 heteroatoms. The first-order valence-corrected chi connectivity index (χ1v) is 9.51. The Morgan fingerprint density at radius 1 is 1.04 bits per heavy atom. The van der Waals surface area contributed by atoms with E-state index in [1.807, 2.05) is 12.1 Å². The van der Waals surface area contributed by atoms with Crippen molar-refractivity contribution in [1.29, 1.82) is 0 Å². The summed E-state index contributed by atoms with van der Waals surface area (Å²) in [5.74, 6) is 0.0295. The number of benzene rings is 2. The van der Waals surface area contributed by atoms with Crippen LogP contribution in [-0.2, 0) is 10.4 Å². The average molecular weight is 402 g/mol. The zero-order valence-electron chi connectivity index (χ0n) is 13.6. The third-order valence-corrected chi connectivity index (χ3v) is 4.59. The molecule has 0 saturated carbocycles. The maximum atomic E-state index is 11.0. The number of aromatic amines is 1. The number of nitrogens with zero attached hydrogens (tertiary/aromatic N) is 2. The van der Waals surface area contributed by atoms with Crippen molar-refractivity contribution in [3.8, 4) is 28.1 Å². The summed E-state index contributed by atoms with van der Waals surface area (Å²) in [5, 5.41) is 0.481. The van der Waals surface area contributed by atoms with Gasteiger partial charge in [-0.2, -0.15) is 8.42 Å². The number of hydrogen-bond donors (Lipinski definition) is 2. The molecule has 0 unspecified atom stereocenters. The molecule has 2 aromatic heterocycles. The van der Waals surface area contributed by atoms with Crippen molar-refractivity contribution in [2.24, 2.45) is 0 Å². The lowest BCUT2D eigenvalue weighted by Crippen LogP contribution is -2.07. The molecule has 2 N–H and O–H groups in total. The van der Waals surface area contributed by atoms with Crippen LogP contribution in [0.4, 0.5) is 0 Å². The van der Waals surface area contributed by atoms with Gasteiger partial charge >= 0.3 is 10.4 Å². The summed E-state index contributed by atoms with van der Waals surface area (Å²) in [6.07, 6.45) is 1.55. The summed E-state index contributed by atoms with van der Waals surface area (Å²) < 4.78 is 35.7. The number of H-pyrrole nitrogens is 1. The summed E-state index contributed by atoms with van der Waals surface area (Å²) in [4.78, 5) is 11.5. The van der Waals surface area contributed by atoms with E-state index in [2.05, 4.69) is 19.1 Å². The molecule has 0 radical (unpaired) electrons. The fourth-order valence-electron chi connectivity index (χ4n) is 2.75. The van der Waals surface area contributed by atoms with Crippen LogP contribution in [-0.4, -0.2) is 27.9 Å². The van der Waals surface area contributed by atoms with E-state index in [-0.39, 0.29) is 5.75 Å². The first-order chi connectivity index (χ1) is 12.9. The molecular weight excluding hydrogens is 390 g/mol. The summed E-state index contributed by atoms with van der Waals surface area (Å²) in [7, 11) is -4.62. The van der Waals surface area contributed by atoms with Crippen LogP contribution in [0.3, 0.4) is 0 Å². The van der Waals surface area contributed by atoms with Gasteiger partial charge in [0.15, 0.2) is 11.4 Å². The van der Waals surface area contributed by atoms with Gasteiger partial charge in [0.1, 0.15) is 0 Å². The van der Waals surface area contributed by atoms with Crippen LogP contribution in [0.5, 0.6) is 5.75 Å². The van der Waals surface area contributed by atoms with Gasteiger partial charge in [0, 0.05) is 11.1 Å². The Kier molecular flexibility index (Phi) is 4.31. The largest absolute Gasteiger partial charge is 0.446 e. The maximum Gasteiger partial charge on any atom is 0.446 e. The summed E-state index contributed by atoms with van der Waals surface area (Å²) in [5.41, 5.74) is 3.90. The van der Waals surface area contributed by atoms with Crippen molar-refractivity contribution in [3.05, 3.63) is 65.9 Å². The molecule has 4 aromatic rings. The van der Waals surface area contributed by atoms with Crippen LogP contribution in [0.2, 0.25) is 5.02 Å². The van der Waals surface area contributed by atoms with Gasteiger partial charge in [0.25, 0.3) is 0 Å². The first kappa shape index (κ1) is 17.5. The lowest BCUT2D eigenvalue weighted by Gasteiger charge is -2.10. The molecule has 2 aromatic carbocycles. The molecule has 0 aliphatic heterocycles. The lowest BCUT2D eigenvalue weighted by atomic mass is 10.0. The van der Waals surface area contributed by atoms with Crippen molar-refractivity contribution < 1.29 is 17.2 Å². The van der Waals surface area contributed by atoms with Crippen LogP contribution >= 0.6 is 11.6 Å². The van der Waals surface area contributed by atoms with E-state index in [1.165, 1.54) is 6.07 Å². The number of pyridine rings is 1. The summed E-state index contributed by atoms with van der Waals surface area (Å²) in [6.45, 7) is 0. The van der Waals surface area contributed by atoms with Gasteiger partial charge in [-0.3, -0.25) is 4.55 Å². The normalized spacial score (nSPS) is 11.6. The second-order valence-corrected chi connectivity index (χ2v) is 7.11. The zero-order chi connectivity index (χ0) is 19.0. The van der Waals surface area contributed by atoms with Gasteiger partial charge < -0.3 is 9.17 Å². The standard InChI is InChI=1S/C18H12ClN3O4S/c19-14-9-15-18(21-10-20-15)22-17(14)12-7-5-11(6-8-12)13-3-1-2-4-16(13)26-27(23,24)25/h1-10H,(H,20,21,22)(H,23,24,25). The lowest BCUT2D eigenvalue weighted by molar-refractivity contribution is 0.387. The van der Waals surface area contributed by atoms with Crippen LogP contribution in [0, 0.1) is 0 Å². The van der Waals surface area contributed by atoms with Gasteiger partial charge in [0.05, 0.1) is 22.6 Å². The predicted molar refractivity (Wildman–Crippen MR) is 102 cm³/mol. The van der Waals surface area contributed by atoms with Gasteiger partial charge in [-0.25, -0.2) is 9.97 Å². The Labute approximate surface area is 159 Å². The highest BCUT2D eigenvalue weighted by atomic mass is 35.5. The highest BCUT2D eigenvalue weighted by Gasteiger charge is 2.14. The predicted octanol–water partition coefficient (Wildman–Crippen LogP) is 4.13. The number of nitrogens with one attached hydrogen (secondary N) is 1. The maximum absolute atomic E-state index is 11.0. The molecule has 0 saturated heterocycles. The Morgan fingerprint density at radius 3 is 2.48 bits per heavy atom. The van der Waals surface area contributed by atoms with E-state index >= 15 is 0 Å². The number of para-hydroxylation sites is 1. The van der Waals surface area contributed by atoms with E-state index in [0.29, 0.717) is 27.5 Å². The van der Waals surface area contributed by atoms with Gasteiger partial charge in [-0.05, 0) is 17.7 Å². The van der Waals surface area contributed by atoms with Crippen LogP contribution in [0.1, 0.15) is 0 Å². The van der Waals surface area contributed by atoms with E-state index in [9.17, 15) is 8.42 Å². The van der Waals surface area contributed by atoms with Crippen molar-refractivity contribution in [2.75, 3.05) is 0 Å². The monoisotopic (exact) mass is 401 g/mol. The molecule has 0 aliphatic rings. The molecule has 2 heterocycles. The van der Waals surface area contributed by atoms with Crippen LogP contribution < -0.4 is 4.18 Å². The number of aromatic nitrogens is 3. The Hall–Kier alpha value is -2.94. The van der Waals surface area contributed by atoms with Crippen LogP contribution in [0.15, 0.2) is 60.9 Å². The number of fused-ring (bicyclic) bond motifs is 1. The molecule has 0 fully saturated rings. The number of imidazole rings is 1. The first-order valence-electron chi connectivity index (χ1n) is 7.77. The average Bonchev–Trinajstić information content (AvgIpc) is 3.07. The zero-order valence-corrected chi connectivity index (χ0v) is 15.2. The minimum absolute atomic E-state index is 0.0295. The fourth-order valence-corrected chi connectivity index (χ4v) is 3.38. The Morgan fingerprint density at radius 2 is 1.74 bits per heavy atom. The number of hydrogen-bond acceptors (Lipinski definition) is 5. The molecule has 136 valence electrons. The van der Waals surface area contributed by atoms with Gasteiger partial charge in [-0.1, -0.05) is 54.1 Å². The highest BCUT2D eigenvalue weighted by molar-refractivity contribution is 7.81. The van der Waals surface area contributed by atoms with Crippen molar-refractivity contribution in [2.45, 2.75) is 0 Å². The third kappa shape index (κ3) is 3.63. The smallest absolute Gasteiger partial charge is 0.361 e. The summed E-state index contributed by atoms with van der Waals surface area (Å²) >= 11 is 6.32. The van der Waals surface area contributed by atoms with Crippen molar-refractivity contribution >= 4 is 33.2 Å². The van der Waals surface area contributed by atoms with Gasteiger partial charge in [0.2, 0.25) is 0 Å². The molecule has 0 spiro atoms. The molecule has 0 aliphatic carbocycles. The fraction of sp³-hybridized carbons (Fsp3) is 0. The minimum Gasteiger partial charge on any atom is -0.361 e. The molecular formula is C18H12ClN3O4S. The molecule has 27 heavy (non-hydrogen) atoms. The summed E-state index contributed by atoms with van der Waals surface area (Å²) in [6, 6.07) is 15.5. The molecule has 0 bridgehead atoms. The van der Waals surface area contributed by atoms with E-state index in [0.717, 1.165) is 11.1 Å². The van der Waals surface area contributed by atoms with Gasteiger partial charge in [-0.15, -0.1) is 0 Å². The van der Waals surface area contributed by atoms with Crippen molar-refractivity contribution in [3.63, 3.8) is 0 Å². The molecule has 0 atom stereocenters. The Balaban J connectivity index is 1.73. The van der Waals surface area contributed by atoms with Crippen molar-refractivity contribution in [1.82, 2.24) is 15.0 Å². The van der Waals surface area contributed by atoms with E-state index in [4.69, 9.17) is 16.2 Å². The Bertz CT molecular complexity index is 1240. The second-order valence-electron chi connectivity index (χ2n) is 5.68. The van der Waals surface area contributed by atoms with E-state index in [1.54, 1.807) is 42.7 Å². The van der Waals surface area contributed by atoms with Crippen LogP contribution in [0.25, 0.3) is 33.5 Å². The topological polar surface area (TPSA) is 105 Å².